The second kappa shape index (κ2) is 6.40. The summed E-state index contributed by atoms with van der Waals surface area (Å²) in [5, 5.41) is 16.9. The van der Waals surface area contributed by atoms with Crippen LogP contribution in [0.25, 0.3) is 0 Å². The van der Waals surface area contributed by atoms with Crippen LogP contribution in [0.2, 0.25) is 0 Å². The van der Waals surface area contributed by atoms with Gasteiger partial charge < -0.3 is 24.0 Å². The van der Waals surface area contributed by atoms with Gasteiger partial charge in [0.25, 0.3) is 0 Å². The third-order valence-corrected chi connectivity index (χ3v) is 3.94. The zero-order valence-corrected chi connectivity index (χ0v) is 13.7. The molecule has 1 aromatic carbocycles. The number of aryl methyl sites for hydroxylation is 1. The monoisotopic (exact) mass is 333 g/mol. The molecule has 128 valence electrons. The van der Waals surface area contributed by atoms with Gasteiger partial charge in [-0.15, -0.1) is 0 Å². The van der Waals surface area contributed by atoms with Crippen LogP contribution in [0.4, 0.5) is 10.6 Å². The first kappa shape index (κ1) is 16.1. The molecule has 2 heterocycles. The first-order chi connectivity index (χ1) is 11.5. The average Bonchev–Trinajstić information content (AvgIpc) is 2.98. The number of carbonyl (C=O) groups is 1. The number of ether oxygens (including phenoxy) is 2. The Morgan fingerprint density at radius 2 is 2.08 bits per heavy atom. The van der Waals surface area contributed by atoms with Crippen LogP contribution in [0.3, 0.4) is 0 Å². The number of anilines is 1. The van der Waals surface area contributed by atoms with Crippen molar-refractivity contribution in [1.29, 1.82) is 0 Å². The van der Waals surface area contributed by atoms with Gasteiger partial charge in [0.1, 0.15) is 23.4 Å². The molecular weight excluding hydrogens is 314 g/mol. The number of aromatic nitrogens is 1. The normalized spacial score (nSPS) is 16.5. The van der Waals surface area contributed by atoms with Crippen molar-refractivity contribution in [2.24, 2.45) is 0 Å². The number of amides is 2. The van der Waals surface area contributed by atoms with Crippen molar-refractivity contribution in [3.8, 4) is 11.5 Å². The Balaban J connectivity index is 1.86. The second-order valence-corrected chi connectivity index (χ2v) is 5.51. The number of nitrogens with zero attached hydrogens (tertiary/aromatic N) is 2. The SMILES string of the molecule is COc1ccc(OC)c2c1CN(C(=O)Nc1cc(C)on1)C[C@H]2O. The van der Waals surface area contributed by atoms with Crippen LogP contribution >= 0.6 is 0 Å². The molecule has 2 aromatic rings. The molecule has 0 saturated carbocycles. The quantitative estimate of drug-likeness (QED) is 0.892. The molecule has 8 nitrogen and oxygen atoms in total. The van der Waals surface area contributed by atoms with Crippen molar-refractivity contribution in [2.75, 3.05) is 26.1 Å². The first-order valence-corrected chi connectivity index (χ1v) is 7.44. The Labute approximate surface area is 138 Å². The number of fused-ring (bicyclic) bond motifs is 1. The number of benzene rings is 1. The summed E-state index contributed by atoms with van der Waals surface area (Å²) < 4.78 is 15.6. The Bertz CT molecular complexity index is 758. The average molecular weight is 333 g/mol. The van der Waals surface area contributed by atoms with Gasteiger partial charge in [-0.2, -0.15) is 0 Å². The van der Waals surface area contributed by atoms with E-state index in [-0.39, 0.29) is 19.1 Å². The molecule has 0 unspecified atom stereocenters. The standard InChI is InChI=1S/C16H19N3O5/c1-9-6-14(18-24-9)17-16(21)19-7-10-12(22-2)4-5-13(23-3)15(10)11(20)8-19/h4-6,11,20H,7-8H2,1-3H3,(H,17,18,21)/t11-/m1/s1. The highest BCUT2D eigenvalue weighted by Crippen LogP contribution is 2.39. The van der Waals surface area contributed by atoms with E-state index in [1.165, 1.54) is 4.90 Å². The molecule has 8 heteroatoms. The van der Waals surface area contributed by atoms with E-state index in [0.29, 0.717) is 28.6 Å². The molecule has 3 rings (SSSR count). The van der Waals surface area contributed by atoms with Crippen molar-refractivity contribution in [3.63, 3.8) is 0 Å². The third kappa shape index (κ3) is 2.88. The van der Waals surface area contributed by atoms with Crippen LogP contribution in [0, 0.1) is 6.92 Å². The smallest absolute Gasteiger partial charge is 0.323 e. The molecule has 1 aliphatic rings. The lowest BCUT2D eigenvalue weighted by molar-refractivity contribution is 0.105. The Morgan fingerprint density at radius 1 is 1.38 bits per heavy atom. The minimum atomic E-state index is -0.872. The predicted octanol–water partition coefficient (Wildman–Crippen LogP) is 2.08. The van der Waals surface area contributed by atoms with Crippen LogP contribution < -0.4 is 14.8 Å². The van der Waals surface area contributed by atoms with Gasteiger partial charge in [-0.3, -0.25) is 5.32 Å². The van der Waals surface area contributed by atoms with E-state index < -0.39 is 6.10 Å². The molecule has 24 heavy (non-hydrogen) atoms. The Morgan fingerprint density at radius 3 is 2.71 bits per heavy atom. The van der Waals surface area contributed by atoms with Crippen molar-refractivity contribution >= 4 is 11.8 Å². The topological polar surface area (TPSA) is 97.1 Å². The number of nitrogens with one attached hydrogen (secondary N) is 1. The molecule has 0 bridgehead atoms. The molecule has 0 aliphatic carbocycles. The van der Waals surface area contributed by atoms with Gasteiger partial charge in [-0.25, -0.2) is 4.79 Å². The summed E-state index contributed by atoms with van der Waals surface area (Å²) >= 11 is 0. The number of rotatable bonds is 3. The van der Waals surface area contributed by atoms with E-state index in [9.17, 15) is 9.90 Å². The Kier molecular flexibility index (Phi) is 4.30. The maximum Gasteiger partial charge on any atom is 0.323 e. The van der Waals surface area contributed by atoms with Crippen LogP contribution in [0.1, 0.15) is 23.0 Å². The van der Waals surface area contributed by atoms with Crippen molar-refractivity contribution < 1.29 is 23.9 Å². The van der Waals surface area contributed by atoms with Gasteiger partial charge in [0.15, 0.2) is 5.82 Å². The molecule has 0 saturated heterocycles. The predicted molar refractivity (Wildman–Crippen MR) is 85.2 cm³/mol. The van der Waals surface area contributed by atoms with Gasteiger partial charge in [-0.05, 0) is 19.1 Å². The molecule has 1 aliphatic heterocycles. The maximum atomic E-state index is 12.4. The van der Waals surface area contributed by atoms with E-state index in [4.69, 9.17) is 14.0 Å². The number of hydrogen-bond donors (Lipinski definition) is 2. The molecule has 1 atom stereocenters. The van der Waals surface area contributed by atoms with Crippen LogP contribution in [0.5, 0.6) is 11.5 Å². The lowest BCUT2D eigenvalue weighted by Gasteiger charge is -2.33. The molecule has 0 fully saturated rings. The van der Waals surface area contributed by atoms with Crippen molar-refractivity contribution in [3.05, 3.63) is 35.1 Å². The summed E-state index contributed by atoms with van der Waals surface area (Å²) in [7, 11) is 3.09. The minimum Gasteiger partial charge on any atom is -0.496 e. The number of urea groups is 1. The van der Waals surface area contributed by atoms with E-state index in [1.54, 1.807) is 39.3 Å². The van der Waals surface area contributed by atoms with Crippen LogP contribution in [-0.2, 0) is 6.54 Å². The lowest BCUT2D eigenvalue weighted by atomic mass is 9.95. The summed E-state index contributed by atoms with van der Waals surface area (Å²) in [6.07, 6.45) is -0.872. The van der Waals surface area contributed by atoms with Gasteiger partial charge in [0, 0.05) is 17.2 Å². The molecule has 0 radical (unpaired) electrons. The van der Waals surface area contributed by atoms with E-state index in [1.807, 2.05) is 0 Å². The van der Waals surface area contributed by atoms with Crippen molar-refractivity contribution in [1.82, 2.24) is 10.1 Å². The first-order valence-electron chi connectivity index (χ1n) is 7.44. The van der Waals surface area contributed by atoms with Gasteiger partial charge in [-0.1, -0.05) is 5.16 Å². The largest absolute Gasteiger partial charge is 0.496 e. The fourth-order valence-corrected chi connectivity index (χ4v) is 2.84. The van der Waals surface area contributed by atoms with Gasteiger partial charge >= 0.3 is 6.03 Å². The lowest BCUT2D eigenvalue weighted by Crippen LogP contribution is -2.41. The molecular formula is C16H19N3O5. The van der Waals surface area contributed by atoms with Crippen LogP contribution in [-0.4, -0.2) is 42.0 Å². The zero-order valence-electron chi connectivity index (χ0n) is 13.7. The highest BCUT2D eigenvalue weighted by Gasteiger charge is 2.32. The number of hydrogen-bond acceptors (Lipinski definition) is 6. The summed E-state index contributed by atoms with van der Waals surface area (Å²) in [6.45, 7) is 2.16. The number of carbonyl (C=O) groups excluding carboxylic acids is 1. The summed E-state index contributed by atoms with van der Waals surface area (Å²) in [4.78, 5) is 13.9. The van der Waals surface area contributed by atoms with Crippen molar-refractivity contribution in [2.45, 2.75) is 19.6 Å². The molecule has 2 N–H and O–H groups in total. The molecule has 2 amide bonds. The minimum absolute atomic E-state index is 0.138. The highest BCUT2D eigenvalue weighted by molar-refractivity contribution is 5.88. The number of β-amino-alcohol motifs (C(OH)–C–C–N with tert-alkyl or cyclic N) is 1. The Hall–Kier alpha value is -2.74. The fraction of sp³-hybridized carbons (Fsp3) is 0.375. The van der Waals surface area contributed by atoms with E-state index in [2.05, 4.69) is 10.5 Å². The number of aliphatic hydroxyl groups is 1. The maximum absolute atomic E-state index is 12.4. The van der Waals surface area contributed by atoms with E-state index >= 15 is 0 Å². The number of methoxy groups -OCH3 is 2. The van der Waals surface area contributed by atoms with Gasteiger partial charge in [0.2, 0.25) is 0 Å². The molecule has 1 aromatic heterocycles. The van der Waals surface area contributed by atoms with E-state index in [0.717, 1.165) is 5.56 Å². The second-order valence-electron chi connectivity index (χ2n) is 5.51. The summed E-state index contributed by atoms with van der Waals surface area (Å²) in [5.41, 5.74) is 1.38. The highest BCUT2D eigenvalue weighted by atomic mass is 16.5. The van der Waals surface area contributed by atoms with Crippen LogP contribution in [0.15, 0.2) is 22.7 Å². The summed E-state index contributed by atoms with van der Waals surface area (Å²) in [6, 6.07) is 4.75. The zero-order chi connectivity index (χ0) is 17.3. The summed E-state index contributed by atoms with van der Waals surface area (Å²) in [5.74, 6) is 2.10. The third-order valence-electron chi connectivity index (χ3n) is 3.94. The molecule has 0 spiro atoms. The van der Waals surface area contributed by atoms with Gasteiger partial charge in [0.05, 0.1) is 27.3 Å². The fourth-order valence-electron chi connectivity index (χ4n) is 2.84. The number of aliphatic hydroxyl groups excluding tert-OH is 1.